The van der Waals surface area contributed by atoms with Crippen LogP contribution in [0.3, 0.4) is 0 Å². The molecule has 1 saturated heterocycles. The van der Waals surface area contributed by atoms with Crippen LogP contribution in [-0.4, -0.2) is 42.8 Å². The van der Waals surface area contributed by atoms with Gasteiger partial charge in [0.1, 0.15) is 0 Å². The molecule has 2 rings (SSSR count). The molecule has 1 aliphatic heterocycles. The van der Waals surface area contributed by atoms with Crippen LogP contribution in [0.25, 0.3) is 0 Å². The van der Waals surface area contributed by atoms with Crippen molar-refractivity contribution in [3.8, 4) is 0 Å². The molecule has 0 saturated carbocycles. The summed E-state index contributed by atoms with van der Waals surface area (Å²) in [4.78, 5) is 2.04. The molecule has 2 N–H and O–H groups in total. The monoisotopic (exact) mass is 352 g/mol. The van der Waals surface area contributed by atoms with Gasteiger partial charge < -0.3 is 10.4 Å². The first-order chi connectivity index (χ1) is 10.3. The number of halogens is 4. The van der Waals surface area contributed by atoms with Gasteiger partial charge in [0.25, 0.3) is 0 Å². The van der Waals surface area contributed by atoms with E-state index in [-0.39, 0.29) is 24.6 Å². The number of nitrogens with one attached hydrogen (secondary N) is 1. The Morgan fingerprint density at radius 1 is 1.17 bits per heavy atom. The second-order valence-electron chi connectivity index (χ2n) is 6.42. The molecule has 1 aromatic rings. The Morgan fingerprint density at radius 3 is 2.26 bits per heavy atom. The zero-order valence-electron chi connectivity index (χ0n) is 13.4. The summed E-state index contributed by atoms with van der Waals surface area (Å²) in [7, 11) is 0. The van der Waals surface area contributed by atoms with Crippen molar-refractivity contribution in [2.45, 2.75) is 26.1 Å². The molecular weight excluding hydrogens is 329 g/mol. The standard InChI is InChI=1S/C16H23F3N2O.ClH/c1-15(2,11-22)14(21-9-7-20-8-10-21)12-5-3-4-6-13(12)16(17,18)19;/h3-6,14,20,22H,7-11H2,1-2H3;1H/t14-;/m1./s1. The second kappa shape index (κ2) is 7.83. The second-order valence-corrected chi connectivity index (χ2v) is 6.42. The Labute approximate surface area is 141 Å². The van der Waals surface area contributed by atoms with Crippen LogP contribution in [0.15, 0.2) is 24.3 Å². The van der Waals surface area contributed by atoms with E-state index in [2.05, 4.69) is 5.32 Å². The van der Waals surface area contributed by atoms with E-state index in [1.165, 1.54) is 12.1 Å². The van der Waals surface area contributed by atoms with Gasteiger partial charge in [-0.2, -0.15) is 13.2 Å². The van der Waals surface area contributed by atoms with Crippen molar-refractivity contribution >= 4 is 12.4 Å². The molecule has 0 aliphatic carbocycles. The lowest BCUT2D eigenvalue weighted by molar-refractivity contribution is -0.139. The zero-order chi connectivity index (χ0) is 16.4. The fraction of sp³-hybridized carbons (Fsp3) is 0.625. The van der Waals surface area contributed by atoms with Gasteiger partial charge in [-0.3, -0.25) is 4.90 Å². The van der Waals surface area contributed by atoms with E-state index in [1.807, 2.05) is 18.7 Å². The van der Waals surface area contributed by atoms with Crippen LogP contribution in [0.2, 0.25) is 0 Å². The normalized spacial score (nSPS) is 18.3. The summed E-state index contributed by atoms with van der Waals surface area (Å²) in [5, 5.41) is 12.9. The Balaban J connectivity index is 0.00000264. The van der Waals surface area contributed by atoms with Gasteiger partial charge in [-0.1, -0.05) is 32.0 Å². The average molecular weight is 353 g/mol. The molecule has 1 aliphatic rings. The summed E-state index contributed by atoms with van der Waals surface area (Å²) in [6.45, 7) is 6.27. The van der Waals surface area contributed by atoms with E-state index in [4.69, 9.17) is 0 Å². The van der Waals surface area contributed by atoms with E-state index in [1.54, 1.807) is 6.07 Å². The van der Waals surface area contributed by atoms with Crippen LogP contribution in [0, 0.1) is 5.41 Å². The van der Waals surface area contributed by atoms with Crippen molar-refractivity contribution in [2.24, 2.45) is 5.41 Å². The van der Waals surface area contributed by atoms with Crippen molar-refractivity contribution in [1.82, 2.24) is 10.2 Å². The van der Waals surface area contributed by atoms with Gasteiger partial charge in [0, 0.05) is 44.2 Å². The Kier molecular flexibility index (Phi) is 6.89. The van der Waals surface area contributed by atoms with Gasteiger partial charge in [0.05, 0.1) is 5.56 Å². The maximum Gasteiger partial charge on any atom is 0.416 e. The number of aliphatic hydroxyl groups excluding tert-OH is 1. The maximum atomic E-state index is 13.4. The van der Waals surface area contributed by atoms with E-state index >= 15 is 0 Å². The van der Waals surface area contributed by atoms with Gasteiger partial charge >= 0.3 is 6.18 Å². The molecule has 0 aromatic heterocycles. The first-order valence-electron chi connectivity index (χ1n) is 7.49. The fourth-order valence-corrected chi connectivity index (χ4v) is 3.13. The fourth-order valence-electron chi connectivity index (χ4n) is 3.13. The van der Waals surface area contributed by atoms with Crippen LogP contribution in [0.5, 0.6) is 0 Å². The smallest absolute Gasteiger partial charge is 0.396 e. The number of piperazine rings is 1. The topological polar surface area (TPSA) is 35.5 Å². The Hall–Kier alpha value is -0.820. The molecule has 0 spiro atoms. The third-order valence-electron chi connectivity index (χ3n) is 4.23. The predicted molar refractivity (Wildman–Crippen MR) is 86.7 cm³/mol. The number of aliphatic hydroxyl groups is 1. The molecule has 132 valence electrons. The van der Waals surface area contributed by atoms with Crippen molar-refractivity contribution < 1.29 is 18.3 Å². The molecule has 1 atom stereocenters. The van der Waals surface area contributed by atoms with E-state index < -0.39 is 23.2 Å². The third-order valence-corrected chi connectivity index (χ3v) is 4.23. The van der Waals surface area contributed by atoms with Gasteiger partial charge in [-0.05, 0) is 11.6 Å². The predicted octanol–water partition coefficient (Wildman–Crippen LogP) is 3.09. The van der Waals surface area contributed by atoms with Crippen LogP contribution >= 0.6 is 12.4 Å². The lowest BCUT2D eigenvalue weighted by Crippen LogP contribution is -2.50. The molecule has 7 heteroatoms. The summed E-state index contributed by atoms with van der Waals surface area (Å²) >= 11 is 0. The third kappa shape index (κ3) is 4.59. The number of hydrogen-bond acceptors (Lipinski definition) is 3. The van der Waals surface area contributed by atoms with Crippen molar-refractivity contribution in [3.63, 3.8) is 0 Å². The van der Waals surface area contributed by atoms with Gasteiger partial charge in [-0.25, -0.2) is 0 Å². The highest BCUT2D eigenvalue weighted by atomic mass is 35.5. The molecule has 0 unspecified atom stereocenters. The van der Waals surface area contributed by atoms with Gasteiger partial charge in [0.2, 0.25) is 0 Å². The molecule has 23 heavy (non-hydrogen) atoms. The summed E-state index contributed by atoms with van der Waals surface area (Å²) in [6, 6.07) is 5.23. The van der Waals surface area contributed by atoms with Crippen LogP contribution in [0.1, 0.15) is 31.0 Å². The molecule has 0 amide bonds. The highest BCUT2D eigenvalue weighted by Gasteiger charge is 2.41. The first kappa shape index (κ1) is 20.2. The highest BCUT2D eigenvalue weighted by molar-refractivity contribution is 5.85. The molecule has 3 nitrogen and oxygen atoms in total. The largest absolute Gasteiger partial charge is 0.416 e. The van der Waals surface area contributed by atoms with Crippen LogP contribution in [-0.2, 0) is 6.18 Å². The van der Waals surface area contributed by atoms with E-state index in [0.717, 1.165) is 19.2 Å². The van der Waals surface area contributed by atoms with E-state index in [9.17, 15) is 18.3 Å². The van der Waals surface area contributed by atoms with Crippen LogP contribution in [0.4, 0.5) is 13.2 Å². The van der Waals surface area contributed by atoms with E-state index in [0.29, 0.717) is 13.1 Å². The number of hydrogen-bond donors (Lipinski definition) is 2. The minimum atomic E-state index is -4.39. The lowest BCUT2D eigenvalue weighted by atomic mass is 9.78. The van der Waals surface area contributed by atoms with Crippen LogP contribution < -0.4 is 5.32 Å². The van der Waals surface area contributed by atoms with Gasteiger partial charge in [-0.15, -0.1) is 12.4 Å². The number of rotatable bonds is 4. The minimum absolute atomic E-state index is 0. The lowest BCUT2D eigenvalue weighted by Gasteiger charge is -2.44. The maximum absolute atomic E-state index is 13.4. The summed E-state index contributed by atoms with van der Waals surface area (Å²) < 4.78 is 40.1. The molecule has 0 bridgehead atoms. The average Bonchev–Trinajstić information content (AvgIpc) is 2.48. The van der Waals surface area contributed by atoms with Crippen molar-refractivity contribution in [1.29, 1.82) is 0 Å². The number of benzene rings is 1. The van der Waals surface area contributed by atoms with Gasteiger partial charge in [0.15, 0.2) is 0 Å². The Morgan fingerprint density at radius 2 is 1.74 bits per heavy atom. The minimum Gasteiger partial charge on any atom is -0.396 e. The molecule has 1 fully saturated rings. The molecule has 1 heterocycles. The molecular formula is C16H24ClF3N2O. The summed E-state index contributed by atoms with van der Waals surface area (Å²) in [5.74, 6) is 0. The van der Waals surface area contributed by atoms with Crippen molar-refractivity contribution in [3.05, 3.63) is 35.4 Å². The molecule has 0 radical (unpaired) electrons. The first-order valence-corrected chi connectivity index (χ1v) is 7.49. The number of alkyl halides is 3. The SMILES string of the molecule is CC(C)(CO)[C@@H](c1ccccc1C(F)(F)F)N1CCNCC1.Cl. The molecule has 1 aromatic carbocycles. The quantitative estimate of drug-likeness (QED) is 0.874. The number of nitrogens with zero attached hydrogens (tertiary/aromatic N) is 1. The summed E-state index contributed by atoms with van der Waals surface area (Å²) in [6.07, 6.45) is -4.39. The van der Waals surface area contributed by atoms with Crippen molar-refractivity contribution in [2.75, 3.05) is 32.8 Å². The highest BCUT2D eigenvalue weighted by Crippen LogP contribution is 2.43. The summed E-state index contributed by atoms with van der Waals surface area (Å²) in [5.41, 5.74) is -1.03. The Bertz CT molecular complexity index is 502. The zero-order valence-corrected chi connectivity index (χ0v) is 14.2.